The van der Waals surface area contributed by atoms with Gasteiger partial charge in [-0.3, -0.25) is 4.79 Å². The van der Waals surface area contributed by atoms with Crippen molar-refractivity contribution >= 4 is 17.5 Å². The second-order valence-corrected chi connectivity index (χ2v) is 3.54. The molecule has 0 bridgehead atoms. The Morgan fingerprint density at radius 1 is 1.56 bits per heavy atom. The number of halogens is 3. The molecular weight excluding hydrogens is 240 g/mol. The number of pyridine rings is 1. The second kappa shape index (κ2) is 5.18. The topological polar surface area (TPSA) is 68.0 Å². The first-order valence-corrected chi connectivity index (χ1v) is 4.80. The number of nitrogens with zero attached hydrogens (tertiary/aromatic N) is 1. The van der Waals surface area contributed by atoms with Gasteiger partial charge in [0.2, 0.25) is 0 Å². The summed E-state index contributed by atoms with van der Waals surface area (Å²) >= 11 is 5.56. The fourth-order valence-corrected chi connectivity index (χ4v) is 0.994. The van der Waals surface area contributed by atoms with Crippen LogP contribution in [0.1, 0.15) is 10.5 Å². The molecule has 0 saturated carbocycles. The molecule has 0 aliphatic heterocycles. The number of hydrogen-bond acceptors (Lipinski definition) is 3. The van der Waals surface area contributed by atoms with Gasteiger partial charge in [0.25, 0.3) is 11.8 Å². The van der Waals surface area contributed by atoms with Gasteiger partial charge in [0.05, 0.1) is 18.1 Å². The lowest BCUT2D eigenvalue weighted by Gasteiger charge is -2.14. The first-order chi connectivity index (χ1) is 7.44. The highest BCUT2D eigenvalue weighted by Crippen LogP contribution is 2.10. The Bertz CT molecular complexity index is 370. The van der Waals surface area contributed by atoms with Gasteiger partial charge in [0.15, 0.2) is 0 Å². The summed E-state index contributed by atoms with van der Waals surface area (Å²) in [6, 6.07) is 2.79. The molecule has 16 heavy (non-hydrogen) atoms. The molecule has 1 amide bonds. The quantitative estimate of drug-likeness (QED) is 0.838. The third-order valence-corrected chi connectivity index (χ3v) is 1.99. The minimum Gasteiger partial charge on any atom is -0.345 e. The molecule has 0 aliphatic carbocycles. The Hall–Kier alpha value is -1.27. The van der Waals surface area contributed by atoms with Crippen LogP contribution in [0.2, 0.25) is 5.02 Å². The monoisotopic (exact) mass is 249 g/mol. The maximum absolute atomic E-state index is 12.7. The molecule has 0 aromatic carbocycles. The molecule has 1 aromatic heterocycles. The molecule has 88 valence electrons. The molecule has 3 N–H and O–H groups in total. The van der Waals surface area contributed by atoms with Gasteiger partial charge in [-0.1, -0.05) is 11.6 Å². The summed E-state index contributed by atoms with van der Waals surface area (Å²) in [6.45, 7) is -1.63. The molecule has 0 aliphatic rings. The number of nitrogens with one attached hydrogen (secondary N) is 1. The standard InChI is InChI=1S/C9H10ClF2N3O/c10-6-1-2-7(14-3-6)8(16)15-5-9(11,12)4-13/h1-3H,4-5,13H2,(H,15,16). The highest BCUT2D eigenvalue weighted by atomic mass is 35.5. The molecule has 1 aromatic rings. The maximum atomic E-state index is 12.7. The Balaban J connectivity index is 2.56. The zero-order chi connectivity index (χ0) is 12.2. The number of rotatable bonds is 4. The average molecular weight is 250 g/mol. The van der Waals surface area contributed by atoms with Crippen LogP contribution in [0.15, 0.2) is 18.3 Å². The summed E-state index contributed by atoms with van der Waals surface area (Å²) in [7, 11) is 0. The highest BCUT2D eigenvalue weighted by Gasteiger charge is 2.27. The van der Waals surface area contributed by atoms with Gasteiger partial charge in [-0.15, -0.1) is 0 Å². The minimum atomic E-state index is -3.11. The Morgan fingerprint density at radius 3 is 2.75 bits per heavy atom. The fraction of sp³-hybridized carbons (Fsp3) is 0.333. The van der Waals surface area contributed by atoms with Crippen molar-refractivity contribution in [1.29, 1.82) is 0 Å². The van der Waals surface area contributed by atoms with Gasteiger partial charge < -0.3 is 11.1 Å². The largest absolute Gasteiger partial charge is 0.345 e. The van der Waals surface area contributed by atoms with Crippen molar-refractivity contribution in [2.75, 3.05) is 13.1 Å². The molecule has 0 fully saturated rings. The number of amides is 1. The van der Waals surface area contributed by atoms with E-state index in [2.05, 4.69) is 4.98 Å². The smallest absolute Gasteiger partial charge is 0.277 e. The molecule has 0 atom stereocenters. The first-order valence-electron chi connectivity index (χ1n) is 4.42. The minimum absolute atomic E-state index is 0.0252. The van der Waals surface area contributed by atoms with Crippen LogP contribution in [-0.4, -0.2) is 29.9 Å². The van der Waals surface area contributed by atoms with Gasteiger partial charge in [0.1, 0.15) is 5.69 Å². The van der Waals surface area contributed by atoms with Crippen LogP contribution in [0.3, 0.4) is 0 Å². The van der Waals surface area contributed by atoms with Crippen LogP contribution in [0.4, 0.5) is 8.78 Å². The summed E-state index contributed by atoms with van der Waals surface area (Å²) in [5, 5.41) is 2.40. The predicted octanol–water partition coefficient (Wildman–Crippen LogP) is 1.06. The van der Waals surface area contributed by atoms with E-state index in [1.807, 2.05) is 5.32 Å². The van der Waals surface area contributed by atoms with Crippen molar-refractivity contribution in [3.8, 4) is 0 Å². The first kappa shape index (κ1) is 12.8. The van der Waals surface area contributed by atoms with Crippen LogP contribution in [0.25, 0.3) is 0 Å². The lowest BCUT2D eigenvalue weighted by atomic mass is 10.3. The van der Waals surface area contributed by atoms with Crippen LogP contribution in [-0.2, 0) is 0 Å². The summed E-state index contributed by atoms with van der Waals surface area (Å²) in [5.74, 6) is -3.80. The third kappa shape index (κ3) is 3.71. The highest BCUT2D eigenvalue weighted by molar-refractivity contribution is 6.30. The van der Waals surface area contributed by atoms with Crippen LogP contribution < -0.4 is 11.1 Å². The number of carbonyl (C=O) groups excluding carboxylic acids is 1. The van der Waals surface area contributed by atoms with E-state index in [-0.39, 0.29) is 5.69 Å². The zero-order valence-electron chi connectivity index (χ0n) is 8.21. The maximum Gasteiger partial charge on any atom is 0.277 e. The van der Waals surface area contributed by atoms with Crippen molar-refractivity contribution in [2.45, 2.75) is 5.92 Å². The molecule has 1 rings (SSSR count). The zero-order valence-corrected chi connectivity index (χ0v) is 8.97. The molecule has 0 spiro atoms. The van der Waals surface area contributed by atoms with Crippen molar-refractivity contribution in [1.82, 2.24) is 10.3 Å². The fourth-order valence-electron chi connectivity index (χ4n) is 0.882. The van der Waals surface area contributed by atoms with Crippen LogP contribution >= 0.6 is 11.6 Å². The summed E-state index contributed by atoms with van der Waals surface area (Å²) in [5.41, 5.74) is 4.84. The third-order valence-electron chi connectivity index (χ3n) is 1.77. The van der Waals surface area contributed by atoms with E-state index < -0.39 is 24.9 Å². The normalized spacial score (nSPS) is 11.2. The number of hydrogen-bond donors (Lipinski definition) is 2. The number of alkyl halides is 2. The van der Waals surface area contributed by atoms with E-state index in [0.717, 1.165) is 0 Å². The Labute approximate surface area is 95.8 Å². The summed E-state index contributed by atoms with van der Waals surface area (Å²) < 4.78 is 25.4. The van der Waals surface area contributed by atoms with Gasteiger partial charge >= 0.3 is 0 Å². The number of aromatic nitrogens is 1. The van der Waals surface area contributed by atoms with Crippen LogP contribution in [0.5, 0.6) is 0 Å². The molecule has 4 nitrogen and oxygen atoms in total. The van der Waals surface area contributed by atoms with Gasteiger partial charge in [-0.25, -0.2) is 13.8 Å². The van der Waals surface area contributed by atoms with Crippen molar-refractivity contribution in [3.05, 3.63) is 29.0 Å². The van der Waals surface area contributed by atoms with Gasteiger partial charge in [-0.05, 0) is 12.1 Å². The summed E-state index contributed by atoms with van der Waals surface area (Å²) in [4.78, 5) is 15.0. The van der Waals surface area contributed by atoms with Crippen molar-refractivity contribution in [3.63, 3.8) is 0 Å². The summed E-state index contributed by atoms with van der Waals surface area (Å²) in [6.07, 6.45) is 1.26. The number of nitrogens with two attached hydrogens (primary N) is 1. The number of carbonyl (C=O) groups is 1. The lowest BCUT2D eigenvalue weighted by Crippen LogP contribution is -2.41. The Morgan fingerprint density at radius 2 is 2.25 bits per heavy atom. The van der Waals surface area contributed by atoms with Gasteiger partial charge in [0, 0.05) is 6.20 Å². The molecule has 1 heterocycles. The van der Waals surface area contributed by atoms with E-state index in [0.29, 0.717) is 5.02 Å². The van der Waals surface area contributed by atoms with Gasteiger partial charge in [-0.2, -0.15) is 0 Å². The molecule has 0 saturated heterocycles. The second-order valence-electron chi connectivity index (χ2n) is 3.10. The van der Waals surface area contributed by atoms with Crippen molar-refractivity contribution < 1.29 is 13.6 Å². The molecular formula is C9H10ClF2N3O. The molecule has 0 unspecified atom stereocenters. The van der Waals surface area contributed by atoms with E-state index in [1.165, 1.54) is 18.3 Å². The molecule has 7 heteroatoms. The predicted molar refractivity (Wildman–Crippen MR) is 55.6 cm³/mol. The van der Waals surface area contributed by atoms with E-state index >= 15 is 0 Å². The van der Waals surface area contributed by atoms with Crippen LogP contribution in [0, 0.1) is 0 Å². The van der Waals surface area contributed by atoms with Crippen molar-refractivity contribution in [2.24, 2.45) is 5.73 Å². The average Bonchev–Trinajstić information content (AvgIpc) is 2.27. The molecule has 0 radical (unpaired) electrons. The lowest BCUT2D eigenvalue weighted by molar-refractivity contribution is 0.0118. The SMILES string of the molecule is NCC(F)(F)CNC(=O)c1ccc(Cl)cn1. The Kier molecular flexibility index (Phi) is 4.14. The van der Waals surface area contributed by atoms with E-state index in [4.69, 9.17) is 17.3 Å². The van der Waals surface area contributed by atoms with E-state index in [9.17, 15) is 13.6 Å². The van der Waals surface area contributed by atoms with E-state index in [1.54, 1.807) is 0 Å².